The molecule has 0 saturated heterocycles. The molecule has 4 nitrogen and oxygen atoms in total. The molecule has 146 valence electrons. The van der Waals surface area contributed by atoms with E-state index in [1.165, 1.54) is 0 Å². The Kier molecular flexibility index (Phi) is 7.71. The van der Waals surface area contributed by atoms with Gasteiger partial charge in [0, 0.05) is 17.2 Å². The van der Waals surface area contributed by atoms with Gasteiger partial charge in [-0.2, -0.15) is 0 Å². The van der Waals surface area contributed by atoms with Crippen molar-refractivity contribution in [1.82, 2.24) is 5.32 Å². The third-order valence-electron chi connectivity index (χ3n) is 4.31. The van der Waals surface area contributed by atoms with Crippen LogP contribution in [-0.4, -0.2) is 18.6 Å². The van der Waals surface area contributed by atoms with E-state index in [0.717, 1.165) is 41.0 Å². The standard InChI is InChI=1S/C23H31NO3/c1-6-8-18(5)24-23(25)19-9-10-22(26-7-2)20(14-19)15-27-21-12-16(3)11-17(4)13-21/h9-14,18H,6-8,15H2,1-5H3,(H,24,25). The first-order chi connectivity index (χ1) is 12.9. The number of nitrogens with one attached hydrogen (secondary N) is 1. The number of hydrogen-bond donors (Lipinski definition) is 1. The topological polar surface area (TPSA) is 47.6 Å². The molecule has 2 rings (SSSR count). The zero-order valence-corrected chi connectivity index (χ0v) is 17.1. The molecule has 1 atom stereocenters. The number of rotatable bonds is 9. The molecule has 0 aliphatic rings. The fraction of sp³-hybridized carbons (Fsp3) is 0.435. The number of carbonyl (C=O) groups excluding carboxylic acids is 1. The van der Waals surface area contributed by atoms with E-state index in [1.54, 1.807) is 6.07 Å². The van der Waals surface area contributed by atoms with E-state index in [-0.39, 0.29) is 11.9 Å². The fourth-order valence-corrected chi connectivity index (χ4v) is 3.12. The normalized spacial score (nSPS) is 11.7. The van der Waals surface area contributed by atoms with E-state index in [1.807, 2.05) is 52.0 Å². The zero-order valence-electron chi connectivity index (χ0n) is 17.1. The van der Waals surface area contributed by atoms with Gasteiger partial charge < -0.3 is 14.8 Å². The van der Waals surface area contributed by atoms with Crippen molar-refractivity contribution >= 4 is 5.91 Å². The van der Waals surface area contributed by atoms with Gasteiger partial charge in [0.2, 0.25) is 0 Å². The molecule has 0 aliphatic heterocycles. The van der Waals surface area contributed by atoms with Gasteiger partial charge in [-0.1, -0.05) is 19.4 Å². The van der Waals surface area contributed by atoms with Gasteiger partial charge in [0.25, 0.3) is 5.91 Å². The number of benzene rings is 2. The van der Waals surface area contributed by atoms with Crippen molar-refractivity contribution in [3.63, 3.8) is 0 Å². The SMILES string of the molecule is CCCC(C)NC(=O)c1ccc(OCC)c(COc2cc(C)cc(C)c2)c1. The number of ether oxygens (including phenoxy) is 2. The van der Waals surface area contributed by atoms with Crippen LogP contribution in [0.15, 0.2) is 36.4 Å². The third kappa shape index (κ3) is 6.31. The molecule has 1 N–H and O–H groups in total. The minimum atomic E-state index is -0.0633. The smallest absolute Gasteiger partial charge is 0.251 e. The molecule has 0 aromatic heterocycles. The van der Waals surface area contributed by atoms with Crippen LogP contribution in [0.2, 0.25) is 0 Å². The van der Waals surface area contributed by atoms with Crippen molar-refractivity contribution < 1.29 is 14.3 Å². The second-order valence-corrected chi connectivity index (χ2v) is 7.03. The molecule has 0 heterocycles. The minimum absolute atomic E-state index is 0.0633. The van der Waals surface area contributed by atoms with E-state index < -0.39 is 0 Å². The Balaban J connectivity index is 2.17. The Morgan fingerprint density at radius 2 is 1.74 bits per heavy atom. The van der Waals surface area contributed by atoms with Gasteiger partial charge in [-0.05, 0) is 75.6 Å². The Hall–Kier alpha value is -2.49. The van der Waals surface area contributed by atoms with Gasteiger partial charge in [-0.3, -0.25) is 4.79 Å². The van der Waals surface area contributed by atoms with E-state index in [4.69, 9.17) is 9.47 Å². The maximum absolute atomic E-state index is 12.5. The van der Waals surface area contributed by atoms with Gasteiger partial charge >= 0.3 is 0 Å². The minimum Gasteiger partial charge on any atom is -0.493 e. The van der Waals surface area contributed by atoms with Crippen LogP contribution in [0.3, 0.4) is 0 Å². The summed E-state index contributed by atoms with van der Waals surface area (Å²) >= 11 is 0. The van der Waals surface area contributed by atoms with Crippen LogP contribution < -0.4 is 14.8 Å². The van der Waals surface area contributed by atoms with Crippen LogP contribution in [0.4, 0.5) is 0 Å². The van der Waals surface area contributed by atoms with E-state index >= 15 is 0 Å². The predicted molar refractivity (Wildman–Crippen MR) is 110 cm³/mol. The molecule has 0 fully saturated rings. The van der Waals surface area contributed by atoms with Crippen LogP contribution in [0, 0.1) is 13.8 Å². The molecule has 0 bridgehead atoms. The van der Waals surface area contributed by atoms with Gasteiger partial charge in [0.1, 0.15) is 18.1 Å². The van der Waals surface area contributed by atoms with Crippen LogP contribution in [0.25, 0.3) is 0 Å². The second-order valence-electron chi connectivity index (χ2n) is 7.03. The van der Waals surface area contributed by atoms with Crippen molar-refractivity contribution in [2.45, 2.75) is 60.1 Å². The molecule has 0 saturated carbocycles. The first-order valence-corrected chi connectivity index (χ1v) is 9.70. The molecule has 0 spiro atoms. The third-order valence-corrected chi connectivity index (χ3v) is 4.31. The molecular formula is C23H31NO3. The largest absolute Gasteiger partial charge is 0.493 e. The van der Waals surface area contributed by atoms with Gasteiger partial charge in [0.05, 0.1) is 6.61 Å². The van der Waals surface area contributed by atoms with Crippen LogP contribution in [0.5, 0.6) is 11.5 Å². The molecule has 2 aromatic rings. The van der Waals surface area contributed by atoms with Crippen molar-refractivity contribution in [2.24, 2.45) is 0 Å². The Morgan fingerprint density at radius 3 is 2.37 bits per heavy atom. The summed E-state index contributed by atoms with van der Waals surface area (Å²) in [4.78, 5) is 12.5. The van der Waals surface area contributed by atoms with Crippen molar-refractivity contribution in [2.75, 3.05) is 6.61 Å². The van der Waals surface area contributed by atoms with Crippen LogP contribution >= 0.6 is 0 Å². The summed E-state index contributed by atoms with van der Waals surface area (Å²) in [6, 6.07) is 11.8. The molecule has 1 amide bonds. The number of hydrogen-bond acceptors (Lipinski definition) is 3. The summed E-state index contributed by atoms with van der Waals surface area (Å²) in [5, 5.41) is 3.04. The van der Waals surface area contributed by atoms with Gasteiger partial charge in [-0.15, -0.1) is 0 Å². The fourth-order valence-electron chi connectivity index (χ4n) is 3.12. The summed E-state index contributed by atoms with van der Waals surface area (Å²) in [7, 11) is 0. The maximum atomic E-state index is 12.5. The average molecular weight is 370 g/mol. The molecule has 0 radical (unpaired) electrons. The quantitative estimate of drug-likeness (QED) is 0.661. The Labute approximate surface area is 162 Å². The van der Waals surface area contributed by atoms with Gasteiger partial charge in [0.15, 0.2) is 0 Å². The van der Waals surface area contributed by atoms with E-state index in [2.05, 4.69) is 18.3 Å². The Bertz CT molecular complexity index is 750. The highest BCUT2D eigenvalue weighted by molar-refractivity contribution is 5.94. The first kappa shape index (κ1) is 20.8. The highest BCUT2D eigenvalue weighted by atomic mass is 16.5. The lowest BCUT2D eigenvalue weighted by molar-refractivity contribution is 0.0938. The number of aryl methyl sites for hydroxylation is 2. The van der Waals surface area contributed by atoms with Gasteiger partial charge in [-0.25, -0.2) is 0 Å². The highest BCUT2D eigenvalue weighted by Gasteiger charge is 2.13. The number of amides is 1. The number of carbonyl (C=O) groups is 1. The molecule has 0 aliphatic carbocycles. The van der Waals surface area contributed by atoms with E-state index in [0.29, 0.717) is 18.8 Å². The molecule has 2 aromatic carbocycles. The summed E-state index contributed by atoms with van der Waals surface area (Å²) in [5.74, 6) is 1.51. The molecule has 4 heteroatoms. The lowest BCUT2D eigenvalue weighted by atomic mass is 10.1. The van der Waals surface area contributed by atoms with Crippen molar-refractivity contribution in [3.8, 4) is 11.5 Å². The predicted octanol–water partition coefficient (Wildman–Crippen LogP) is 5.20. The molecule has 27 heavy (non-hydrogen) atoms. The first-order valence-electron chi connectivity index (χ1n) is 9.70. The van der Waals surface area contributed by atoms with Crippen LogP contribution in [0.1, 0.15) is 60.7 Å². The summed E-state index contributed by atoms with van der Waals surface area (Å²) < 4.78 is 11.7. The van der Waals surface area contributed by atoms with Crippen molar-refractivity contribution in [1.29, 1.82) is 0 Å². The molecular weight excluding hydrogens is 338 g/mol. The summed E-state index contributed by atoms with van der Waals surface area (Å²) in [6.07, 6.45) is 2.01. The lowest BCUT2D eigenvalue weighted by Crippen LogP contribution is -2.32. The maximum Gasteiger partial charge on any atom is 0.251 e. The molecule has 1 unspecified atom stereocenters. The Morgan fingerprint density at radius 1 is 1.04 bits per heavy atom. The average Bonchev–Trinajstić information content (AvgIpc) is 2.60. The zero-order chi connectivity index (χ0) is 19.8. The lowest BCUT2D eigenvalue weighted by Gasteiger charge is -2.16. The summed E-state index contributed by atoms with van der Waals surface area (Å²) in [6.45, 7) is 11.1. The van der Waals surface area contributed by atoms with Crippen LogP contribution in [-0.2, 0) is 6.61 Å². The van der Waals surface area contributed by atoms with Crippen molar-refractivity contribution in [3.05, 3.63) is 58.7 Å². The second kappa shape index (κ2) is 10.0. The summed E-state index contributed by atoms with van der Waals surface area (Å²) in [5.41, 5.74) is 3.81. The van der Waals surface area contributed by atoms with E-state index in [9.17, 15) is 4.79 Å². The monoisotopic (exact) mass is 369 g/mol. The highest BCUT2D eigenvalue weighted by Crippen LogP contribution is 2.24.